The van der Waals surface area contributed by atoms with Crippen LogP contribution < -0.4 is 9.47 Å². The number of carbonyl (C=O) groups is 1. The first-order chi connectivity index (χ1) is 12.4. The van der Waals surface area contributed by atoms with Gasteiger partial charge in [-0.15, -0.1) is 13.2 Å². The smallest absolute Gasteiger partial charge is 0.474 e. The molecule has 2 heterocycles. The Morgan fingerprint density at radius 2 is 1.88 bits per heavy atom. The summed E-state index contributed by atoms with van der Waals surface area (Å²) < 4.78 is 47.2. The van der Waals surface area contributed by atoms with Gasteiger partial charge in [0.05, 0.1) is 5.56 Å². The van der Waals surface area contributed by atoms with Gasteiger partial charge in [0.1, 0.15) is 18.2 Å². The first-order valence-corrected chi connectivity index (χ1v) is 7.99. The Bertz CT molecular complexity index is 748. The van der Waals surface area contributed by atoms with Crippen molar-refractivity contribution in [3.8, 4) is 11.6 Å². The Labute approximate surface area is 147 Å². The van der Waals surface area contributed by atoms with Crippen LogP contribution in [0.25, 0.3) is 0 Å². The van der Waals surface area contributed by atoms with Crippen molar-refractivity contribution in [2.75, 3.05) is 13.1 Å². The SMILES string of the molecule is O=C(c1ccccc1OC(F)(F)F)N1CCC(Oc2ccncn2)CC1. The lowest BCUT2D eigenvalue weighted by Crippen LogP contribution is -2.42. The summed E-state index contributed by atoms with van der Waals surface area (Å²) in [5.74, 6) is -0.539. The average Bonchev–Trinajstić information content (AvgIpc) is 2.62. The highest BCUT2D eigenvalue weighted by atomic mass is 19.4. The zero-order chi connectivity index (χ0) is 18.6. The van der Waals surface area contributed by atoms with Gasteiger partial charge in [0, 0.05) is 38.2 Å². The molecule has 1 aromatic heterocycles. The molecular formula is C17H16F3N3O3. The predicted molar refractivity (Wildman–Crippen MR) is 84.7 cm³/mol. The van der Waals surface area contributed by atoms with Crippen LogP contribution >= 0.6 is 0 Å². The van der Waals surface area contributed by atoms with Gasteiger partial charge in [0.2, 0.25) is 5.88 Å². The van der Waals surface area contributed by atoms with E-state index in [1.807, 2.05) is 0 Å². The molecule has 1 fully saturated rings. The maximum absolute atomic E-state index is 12.6. The van der Waals surface area contributed by atoms with Crippen LogP contribution in [0, 0.1) is 0 Å². The Morgan fingerprint density at radius 1 is 1.15 bits per heavy atom. The van der Waals surface area contributed by atoms with Gasteiger partial charge < -0.3 is 14.4 Å². The molecule has 0 bridgehead atoms. The van der Waals surface area contributed by atoms with Gasteiger partial charge in [-0.1, -0.05) is 12.1 Å². The molecule has 0 saturated carbocycles. The van der Waals surface area contributed by atoms with Gasteiger partial charge in [-0.05, 0) is 12.1 Å². The van der Waals surface area contributed by atoms with E-state index >= 15 is 0 Å². The van der Waals surface area contributed by atoms with Crippen LogP contribution in [0.5, 0.6) is 11.6 Å². The van der Waals surface area contributed by atoms with E-state index in [4.69, 9.17) is 4.74 Å². The maximum Gasteiger partial charge on any atom is 0.573 e. The van der Waals surface area contributed by atoms with Crippen molar-refractivity contribution in [3.05, 3.63) is 48.4 Å². The number of ether oxygens (including phenoxy) is 2. The second-order valence-corrected chi connectivity index (χ2v) is 5.70. The monoisotopic (exact) mass is 367 g/mol. The topological polar surface area (TPSA) is 64.5 Å². The number of likely N-dealkylation sites (tertiary alicyclic amines) is 1. The highest BCUT2D eigenvalue weighted by Crippen LogP contribution is 2.28. The first-order valence-electron chi connectivity index (χ1n) is 7.99. The summed E-state index contributed by atoms with van der Waals surface area (Å²) in [5.41, 5.74) is -0.111. The molecule has 1 amide bonds. The van der Waals surface area contributed by atoms with Crippen LogP contribution in [-0.2, 0) is 0 Å². The van der Waals surface area contributed by atoms with Gasteiger partial charge in [-0.25, -0.2) is 9.97 Å². The van der Waals surface area contributed by atoms with Crippen LogP contribution in [0.2, 0.25) is 0 Å². The number of nitrogens with zero attached hydrogens (tertiary/aromatic N) is 3. The molecule has 6 nitrogen and oxygen atoms in total. The standard InChI is InChI=1S/C17H16F3N3O3/c18-17(19,20)26-14-4-2-1-3-13(14)16(24)23-9-6-12(7-10-23)25-15-5-8-21-11-22-15/h1-5,8,11-12H,6-7,9-10H2. The van der Waals surface area contributed by atoms with Crippen molar-refractivity contribution >= 4 is 5.91 Å². The minimum atomic E-state index is -4.85. The quantitative estimate of drug-likeness (QED) is 0.831. The van der Waals surface area contributed by atoms with Crippen molar-refractivity contribution in [2.24, 2.45) is 0 Å². The molecule has 0 aliphatic carbocycles. The Balaban J connectivity index is 1.62. The number of carbonyl (C=O) groups excluding carboxylic acids is 1. The van der Waals surface area contributed by atoms with Gasteiger partial charge in [0.15, 0.2) is 0 Å². The second kappa shape index (κ2) is 7.59. The van der Waals surface area contributed by atoms with Gasteiger partial charge in [0.25, 0.3) is 5.91 Å². The van der Waals surface area contributed by atoms with E-state index in [9.17, 15) is 18.0 Å². The molecule has 0 atom stereocenters. The van der Waals surface area contributed by atoms with Crippen molar-refractivity contribution in [3.63, 3.8) is 0 Å². The third kappa shape index (κ3) is 4.62. The van der Waals surface area contributed by atoms with Crippen molar-refractivity contribution < 1.29 is 27.4 Å². The summed E-state index contributed by atoms with van der Waals surface area (Å²) in [4.78, 5) is 21.9. The second-order valence-electron chi connectivity index (χ2n) is 5.70. The predicted octanol–water partition coefficient (Wildman–Crippen LogP) is 3.06. The van der Waals surface area contributed by atoms with E-state index in [-0.39, 0.29) is 11.7 Å². The van der Waals surface area contributed by atoms with Gasteiger partial charge in [-0.2, -0.15) is 0 Å². The molecule has 0 spiro atoms. The molecule has 0 radical (unpaired) electrons. The Hall–Kier alpha value is -2.84. The van der Waals surface area contributed by atoms with Crippen LogP contribution in [0.15, 0.2) is 42.9 Å². The third-order valence-corrected chi connectivity index (χ3v) is 3.91. The van der Waals surface area contributed by atoms with E-state index in [2.05, 4.69) is 14.7 Å². The number of hydrogen-bond acceptors (Lipinski definition) is 5. The molecular weight excluding hydrogens is 351 g/mol. The fraction of sp³-hybridized carbons (Fsp3) is 0.353. The molecule has 1 aliphatic heterocycles. The number of benzene rings is 1. The average molecular weight is 367 g/mol. The van der Waals surface area contributed by atoms with Crippen LogP contribution in [0.3, 0.4) is 0 Å². The van der Waals surface area contributed by atoms with Gasteiger partial charge in [-0.3, -0.25) is 4.79 Å². The highest BCUT2D eigenvalue weighted by molar-refractivity contribution is 5.97. The van der Waals surface area contributed by atoms with E-state index in [0.717, 1.165) is 6.07 Å². The molecule has 1 saturated heterocycles. The first kappa shape index (κ1) is 18.0. The minimum Gasteiger partial charge on any atom is -0.474 e. The van der Waals surface area contributed by atoms with Crippen molar-refractivity contribution in [1.29, 1.82) is 0 Å². The number of para-hydroxylation sites is 1. The third-order valence-electron chi connectivity index (χ3n) is 3.91. The molecule has 26 heavy (non-hydrogen) atoms. The number of rotatable bonds is 4. The van der Waals surface area contributed by atoms with E-state index < -0.39 is 18.0 Å². The minimum absolute atomic E-state index is 0.111. The molecule has 2 aromatic rings. The molecule has 138 valence electrons. The molecule has 3 rings (SSSR count). The van der Waals surface area contributed by atoms with Crippen LogP contribution in [0.1, 0.15) is 23.2 Å². The number of alkyl halides is 3. The van der Waals surface area contributed by atoms with E-state index in [0.29, 0.717) is 31.8 Å². The summed E-state index contributed by atoms with van der Waals surface area (Å²) in [6.07, 6.45) is -0.912. The van der Waals surface area contributed by atoms with Crippen molar-refractivity contribution in [1.82, 2.24) is 14.9 Å². The highest BCUT2D eigenvalue weighted by Gasteiger charge is 2.34. The largest absolute Gasteiger partial charge is 0.573 e. The number of halogens is 3. The number of hydrogen-bond donors (Lipinski definition) is 0. The maximum atomic E-state index is 12.6. The zero-order valence-corrected chi connectivity index (χ0v) is 13.6. The molecule has 1 aromatic carbocycles. The summed E-state index contributed by atoms with van der Waals surface area (Å²) >= 11 is 0. The molecule has 0 unspecified atom stereocenters. The number of amides is 1. The summed E-state index contributed by atoms with van der Waals surface area (Å²) in [6, 6.07) is 6.99. The Kier molecular flexibility index (Phi) is 5.24. The summed E-state index contributed by atoms with van der Waals surface area (Å²) in [7, 11) is 0. The lowest BCUT2D eigenvalue weighted by Gasteiger charge is -2.32. The lowest BCUT2D eigenvalue weighted by atomic mass is 10.1. The van der Waals surface area contributed by atoms with Crippen LogP contribution in [-0.4, -0.2) is 46.3 Å². The van der Waals surface area contributed by atoms with E-state index in [1.165, 1.54) is 29.4 Å². The summed E-state index contributed by atoms with van der Waals surface area (Å²) in [5, 5.41) is 0. The molecule has 9 heteroatoms. The fourth-order valence-corrected chi connectivity index (χ4v) is 2.72. The zero-order valence-electron chi connectivity index (χ0n) is 13.6. The Morgan fingerprint density at radius 3 is 2.54 bits per heavy atom. The van der Waals surface area contributed by atoms with Crippen molar-refractivity contribution in [2.45, 2.75) is 25.3 Å². The number of aromatic nitrogens is 2. The van der Waals surface area contributed by atoms with E-state index in [1.54, 1.807) is 12.3 Å². The normalized spacial score (nSPS) is 15.6. The lowest BCUT2D eigenvalue weighted by molar-refractivity contribution is -0.274. The fourth-order valence-electron chi connectivity index (χ4n) is 2.72. The van der Waals surface area contributed by atoms with Crippen LogP contribution in [0.4, 0.5) is 13.2 Å². The molecule has 1 aliphatic rings. The molecule has 0 N–H and O–H groups in total. The summed E-state index contributed by atoms with van der Waals surface area (Å²) in [6.45, 7) is 0.740. The number of piperidine rings is 1. The van der Waals surface area contributed by atoms with Gasteiger partial charge >= 0.3 is 6.36 Å².